The zero-order valence-corrected chi connectivity index (χ0v) is 17.4. The van der Waals surface area contributed by atoms with Crippen molar-refractivity contribution in [3.63, 3.8) is 0 Å². The maximum absolute atomic E-state index is 13.3. The Morgan fingerprint density at radius 1 is 1.31 bits per heavy atom. The number of phenolic OH excluding ortho intramolecular Hbond substituents is 1. The van der Waals surface area contributed by atoms with Crippen LogP contribution < -0.4 is 15.4 Å². The van der Waals surface area contributed by atoms with Crippen molar-refractivity contribution in [1.29, 1.82) is 0 Å². The largest absolute Gasteiger partial charge is 0.500 e. The number of nitro groups is 1. The minimum Gasteiger partial charge on any atom is -0.500 e. The summed E-state index contributed by atoms with van der Waals surface area (Å²) in [6.07, 6.45) is 0. The second-order valence-corrected chi connectivity index (χ2v) is 7.18. The summed E-state index contributed by atoms with van der Waals surface area (Å²) >= 11 is 0. The Bertz CT molecular complexity index is 1270. The van der Waals surface area contributed by atoms with E-state index in [1.165, 1.54) is 23.9 Å². The maximum Gasteiger partial charge on any atom is 0.315 e. The Balaban J connectivity index is 1.85. The lowest BCUT2D eigenvalue weighted by Gasteiger charge is -2.28. The molecule has 32 heavy (non-hydrogen) atoms. The molecule has 1 atom stereocenters. The fourth-order valence-electron chi connectivity index (χ4n) is 3.60. The van der Waals surface area contributed by atoms with Crippen LogP contribution in [0.1, 0.15) is 24.1 Å². The van der Waals surface area contributed by atoms with E-state index in [1.807, 2.05) is 25.1 Å². The quantitative estimate of drug-likeness (QED) is 0.403. The number of phenols is 1. The first-order valence-corrected chi connectivity index (χ1v) is 9.49. The molecule has 3 aromatic rings. The van der Waals surface area contributed by atoms with Crippen molar-refractivity contribution in [3.8, 4) is 11.5 Å². The molecule has 12 nitrogen and oxygen atoms in total. The Labute approximate surface area is 181 Å². The van der Waals surface area contributed by atoms with Crippen LogP contribution in [0.15, 0.2) is 47.7 Å². The molecule has 0 radical (unpaired) electrons. The molecule has 0 spiro atoms. The van der Waals surface area contributed by atoms with Crippen molar-refractivity contribution in [2.75, 3.05) is 17.7 Å². The first kappa shape index (κ1) is 20.8. The molecule has 1 aliphatic heterocycles. The Morgan fingerprint density at radius 3 is 2.78 bits per heavy atom. The van der Waals surface area contributed by atoms with Gasteiger partial charge in [0.2, 0.25) is 11.7 Å². The van der Waals surface area contributed by atoms with E-state index in [0.717, 1.165) is 5.56 Å². The molecule has 2 aromatic carbocycles. The minimum atomic E-state index is -0.917. The molecule has 3 N–H and O–H groups in total. The molecule has 0 saturated carbocycles. The number of aromatic nitrogens is 4. The molecule has 0 bridgehead atoms. The zero-order chi connectivity index (χ0) is 23.0. The zero-order valence-electron chi connectivity index (χ0n) is 17.4. The van der Waals surface area contributed by atoms with E-state index in [1.54, 1.807) is 13.0 Å². The highest BCUT2D eigenvalue weighted by Gasteiger charge is 2.36. The number of methoxy groups -OCH3 is 1. The molecule has 0 fully saturated rings. The van der Waals surface area contributed by atoms with Crippen molar-refractivity contribution in [1.82, 2.24) is 20.2 Å². The summed E-state index contributed by atoms with van der Waals surface area (Å²) in [6, 6.07) is 8.96. The standard InChI is InChI=1S/C20H19N7O5/c1-10-5-4-6-13(7-10)22-19(29)16-11(2)21-20-23-24-25-26(20)17(16)12-8-14(27(30)31)18(28)15(9-12)32-3/h4-9,17,28H,1-3H3,(H,22,29)(H,21,23,25). The van der Waals surface area contributed by atoms with E-state index in [-0.39, 0.29) is 22.8 Å². The van der Waals surface area contributed by atoms with Gasteiger partial charge < -0.3 is 20.5 Å². The van der Waals surface area contributed by atoms with Gasteiger partial charge >= 0.3 is 5.69 Å². The van der Waals surface area contributed by atoms with Gasteiger partial charge in [0, 0.05) is 17.5 Å². The minimum absolute atomic E-state index is 0.113. The number of rotatable bonds is 5. The first-order chi connectivity index (χ1) is 15.3. The molecule has 2 heterocycles. The third-order valence-electron chi connectivity index (χ3n) is 5.04. The van der Waals surface area contributed by atoms with E-state index in [9.17, 15) is 20.0 Å². The van der Waals surface area contributed by atoms with Crippen molar-refractivity contribution < 1.29 is 19.6 Å². The fourth-order valence-corrected chi connectivity index (χ4v) is 3.60. The number of aryl methyl sites for hydroxylation is 1. The number of anilines is 2. The molecule has 1 aromatic heterocycles. The summed E-state index contributed by atoms with van der Waals surface area (Å²) in [6.45, 7) is 3.59. The predicted molar refractivity (Wildman–Crippen MR) is 113 cm³/mol. The fraction of sp³-hybridized carbons (Fsp3) is 0.200. The molecule has 0 saturated heterocycles. The summed E-state index contributed by atoms with van der Waals surface area (Å²) in [5.41, 5.74) is 1.99. The van der Waals surface area contributed by atoms with Gasteiger partial charge in [-0.15, -0.1) is 0 Å². The SMILES string of the molecule is COc1cc(C2C(C(=O)Nc3cccc(C)c3)=C(C)Nc3nnnn32)cc([N+](=O)[O-])c1O. The number of ether oxygens (including phenoxy) is 1. The predicted octanol–water partition coefficient (Wildman–Crippen LogP) is 2.53. The van der Waals surface area contributed by atoms with Crippen LogP contribution in [-0.2, 0) is 4.79 Å². The van der Waals surface area contributed by atoms with Crippen molar-refractivity contribution >= 4 is 23.2 Å². The van der Waals surface area contributed by atoms with E-state index in [2.05, 4.69) is 26.2 Å². The lowest BCUT2D eigenvalue weighted by molar-refractivity contribution is -0.386. The second kappa shape index (κ2) is 7.98. The van der Waals surface area contributed by atoms with Crippen LogP contribution in [-0.4, -0.2) is 43.3 Å². The smallest absolute Gasteiger partial charge is 0.315 e. The van der Waals surface area contributed by atoms with Gasteiger partial charge in [-0.05, 0) is 53.6 Å². The number of amides is 1. The number of carbonyl (C=O) groups excluding carboxylic acids is 1. The molecular weight excluding hydrogens is 418 g/mol. The Hall–Kier alpha value is -4.48. The highest BCUT2D eigenvalue weighted by atomic mass is 16.6. The van der Waals surface area contributed by atoms with Gasteiger partial charge in [-0.25, -0.2) is 0 Å². The number of benzene rings is 2. The lowest BCUT2D eigenvalue weighted by Crippen LogP contribution is -2.31. The van der Waals surface area contributed by atoms with E-state index >= 15 is 0 Å². The normalized spacial score (nSPS) is 15.0. The van der Waals surface area contributed by atoms with Crippen LogP contribution in [0.25, 0.3) is 0 Å². The number of fused-ring (bicyclic) bond motifs is 1. The monoisotopic (exact) mass is 437 g/mol. The van der Waals surface area contributed by atoms with Crippen molar-refractivity contribution in [2.45, 2.75) is 19.9 Å². The van der Waals surface area contributed by atoms with Gasteiger partial charge in [0.25, 0.3) is 5.91 Å². The topological polar surface area (TPSA) is 157 Å². The second-order valence-electron chi connectivity index (χ2n) is 7.18. The number of nitro benzene ring substituents is 1. The molecule has 4 rings (SSSR count). The van der Waals surface area contributed by atoms with E-state index in [4.69, 9.17) is 4.74 Å². The highest BCUT2D eigenvalue weighted by molar-refractivity contribution is 6.06. The summed E-state index contributed by atoms with van der Waals surface area (Å²) in [7, 11) is 1.28. The van der Waals surface area contributed by atoms with E-state index < -0.39 is 28.3 Å². The molecule has 164 valence electrons. The number of nitrogens with zero attached hydrogens (tertiary/aromatic N) is 5. The summed E-state index contributed by atoms with van der Waals surface area (Å²) in [4.78, 5) is 24.1. The number of hydrogen-bond acceptors (Lipinski definition) is 9. The number of allylic oxidation sites excluding steroid dienone is 1. The van der Waals surface area contributed by atoms with Crippen LogP contribution in [0.4, 0.5) is 17.3 Å². The van der Waals surface area contributed by atoms with Gasteiger partial charge in [0.05, 0.1) is 17.6 Å². The Morgan fingerprint density at radius 2 is 2.09 bits per heavy atom. The maximum atomic E-state index is 13.3. The molecule has 1 aliphatic rings. The Kier molecular flexibility index (Phi) is 5.18. The van der Waals surface area contributed by atoms with E-state index in [0.29, 0.717) is 11.4 Å². The third-order valence-corrected chi connectivity index (χ3v) is 5.04. The number of nitrogens with one attached hydrogen (secondary N) is 2. The van der Waals surface area contributed by atoms with Crippen molar-refractivity contribution in [3.05, 3.63) is 68.9 Å². The molecular formula is C20H19N7O5. The van der Waals surface area contributed by atoms with Gasteiger partial charge in [-0.1, -0.05) is 17.2 Å². The number of tetrazole rings is 1. The molecule has 12 heteroatoms. The number of hydrogen-bond donors (Lipinski definition) is 3. The number of aromatic hydroxyl groups is 1. The molecule has 1 amide bonds. The highest BCUT2D eigenvalue weighted by Crippen LogP contribution is 2.42. The van der Waals surface area contributed by atoms with Crippen LogP contribution in [0.3, 0.4) is 0 Å². The third kappa shape index (κ3) is 3.57. The van der Waals surface area contributed by atoms with Crippen LogP contribution in [0.2, 0.25) is 0 Å². The van der Waals surface area contributed by atoms with Crippen molar-refractivity contribution in [2.24, 2.45) is 0 Å². The van der Waals surface area contributed by atoms with Gasteiger partial charge in [-0.3, -0.25) is 14.9 Å². The van der Waals surface area contributed by atoms with Gasteiger partial charge in [0.1, 0.15) is 6.04 Å². The first-order valence-electron chi connectivity index (χ1n) is 9.49. The van der Waals surface area contributed by atoms with Gasteiger partial charge in [0.15, 0.2) is 5.75 Å². The summed E-state index contributed by atoms with van der Waals surface area (Å²) in [5.74, 6) is -0.909. The van der Waals surface area contributed by atoms with Crippen LogP contribution in [0.5, 0.6) is 11.5 Å². The molecule has 0 aliphatic carbocycles. The summed E-state index contributed by atoms with van der Waals surface area (Å²) < 4.78 is 6.46. The number of carbonyl (C=O) groups is 1. The summed E-state index contributed by atoms with van der Waals surface area (Å²) in [5, 5.41) is 39.0. The van der Waals surface area contributed by atoms with Crippen LogP contribution >= 0.6 is 0 Å². The average Bonchev–Trinajstić information content (AvgIpc) is 3.20. The van der Waals surface area contributed by atoms with Gasteiger partial charge in [-0.2, -0.15) is 4.68 Å². The van der Waals surface area contributed by atoms with Crippen LogP contribution in [0, 0.1) is 17.0 Å². The molecule has 1 unspecified atom stereocenters. The lowest BCUT2D eigenvalue weighted by atomic mass is 9.94. The average molecular weight is 437 g/mol.